The Morgan fingerprint density at radius 1 is 1.16 bits per heavy atom. The number of fused-ring (bicyclic) bond motifs is 1. The highest BCUT2D eigenvalue weighted by atomic mass is 35.5. The first-order valence-electron chi connectivity index (χ1n) is 6.13. The third-order valence-corrected chi connectivity index (χ3v) is 3.69. The van der Waals surface area contributed by atoms with Gasteiger partial charge in [-0.25, -0.2) is 4.39 Å². The topological polar surface area (TPSA) is 4.93 Å². The molecule has 0 radical (unpaired) electrons. The number of benzene rings is 2. The van der Waals surface area contributed by atoms with Crippen molar-refractivity contribution in [2.24, 2.45) is 0 Å². The lowest BCUT2D eigenvalue weighted by atomic mass is 10.1. The van der Waals surface area contributed by atoms with E-state index in [9.17, 15) is 4.39 Å². The summed E-state index contributed by atoms with van der Waals surface area (Å²) >= 11 is 6.25. The summed E-state index contributed by atoms with van der Waals surface area (Å²) in [5, 5.41) is 1.86. The molecule has 0 bridgehead atoms. The summed E-state index contributed by atoms with van der Waals surface area (Å²) in [6, 6.07) is 12.8. The largest absolute Gasteiger partial charge is 0.342 e. The molecule has 3 heteroatoms. The van der Waals surface area contributed by atoms with Crippen LogP contribution in [0.4, 0.5) is 4.39 Å². The fraction of sp³-hybridized carbons (Fsp3) is 0.125. The Bertz CT molecular complexity index is 746. The van der Waals surface area contributed by atoms with E-state index in [2.05, 4.69) is 4.57 Å². The van der Waals surface area contributed by atoms with Gasteiger partial charge >= 0.3 is 0 Å². The standard InChI is InChI=1S/C16H13ClFN/c1-11-9-14(18)6-5-13(11)10-19-8-7-12-3-2-4-15(17)16(12)19/h2-9H,10H2,1H3. The average Bonchev–Trinajstić information content (AvgIpc) is 2.77. The van der Waals surface area contributed by atoms with Crippen molar-refractivity contribution in [1.29, 1.82) is 0 Å². The molecule has 96 valence electrons. The molecule has 1 aromatic heterocycles. The molecule has 0 saturated carbocycles. The van der Waals surface area contributed by atoms with Crippen molar-refractivity contribution in [1.82, 2.24) is 4.57 Å². The van der Waals surface area contributed by atoms with Crippen molar-refractivity contribution in [2.45, 2.75) is 13.5 Å². The minimum absolute atomic E-state index is 0.198. The second kappa shape index (κ2) is 4.71. The molecule has 3 rings (SSSR count). The Labute approximate surface area is 116 Å². The zero-order chi connectivity index (χ0) is 13.4. The van der Waals surface area contributed by atoms with Gasteiger partial charge in [-0.2, -0.15) is 0 Å². The van der Waals surface area contributed by atoms with Crippen LogP contribution in [0.2, 0.25) is 5.02 Å². The van der Waals surface area contributed by atoms with E-state index in [0.29, 0.717) is 6.54 Å². The number of nitrogens with zero attached hydrogens (tertiary/aromatic N) is 1. The van der Waals surface area contributed by atoms with Crippen LogP contribution in [-0.2, 0) is 6.54 Å². The summed E-state index contributed by atoms with van der Waals surface area (Å²) < 4.78 is 15.2. The maximum Gasteiger partial charge on any atom is 0.123 e. The Kier molecular flexibility index (Phi) is 3.03. The first-order valence-corrected chi connectivity index (χ1v) is 6.51. The predicted molar refractivity (Wildman–Crippen MR) is 77.2 cm³/mol. The van der Waals surface area contributed by atoms with E-state index in [1.165, 1.54) is 6.07 Å². The zero-order valence-corrected chi connectivity index (χ0v) is 11.3. The molecule has 1 nitrogen and oxygen atoms in total. The van der Waals surface area contributed by atoms with Crippen molar-refractivity contribution >= 4 is 22.5 Å². The molecule has 2 aromatic carbocycles. The smallest absolute Gasteiger partial charge is 0.123 e. The molecule has 0 fully saturated rings. The van der Waals surface area contributed by atoms with Gasteiger partial charge in [0.15, 0.2) is 0 Å². The minimum atomic E-state index is -0.198. The van der Waals surface area contributed by atoms with Crippen LogP contribution in [0.15, 0.2) is 48.7 Å². The third-order valence-electron chi connectivity index (χ3n) is 3.38. The summed E-state index contributed by atoms with van der Waals surface area (Å²) in [5.41, 5.74) is 3.07. The van der Waals surface area contributed by atoms with Crippen molar-refractivity contribution in [3.05, 3.63) is 70.6 Å². The fourth-order valence-corrected chi connectivity index (χ4v) is 2.66. The third kappa shape index (κ3) is 2.24. The van der Waals surface area contributed by atoms with Crippen LogP contribution in [0.25, 0.3) is 10.9 Å². The number of rotatable bonds is 2. The van der Waals surface area contributed by atoms with E-state index in [1.54, 1.807) is 6.07 Å². The van der Waals surface area contributed by atoms with E-state index in [1.807, 2.05) is 43.5 Å². The molecule has 1 heterocycles. The molecule has 0 unspecified atom stereocenters. The molecule has 0 aliphatic rings. The molecule has 0 amide bonds. The SMILES string of the molecule is Cc1cc(F)ccc1Cn1ccc2cccc(Cl)c21. The van der Waals surface area contributed by atoms with Gasteiger partial charge in [0, 0.05) is 18.1 Å². The van der Waals surface area contributed by atoms with E-state index in [4.69, 9.17) is 11.6 Å². The number of hydrogen-bond donors (Lipinski definition) is 0. The number of aryl methyl sites for hydroxylation is 1. The second-order valence-electron chi connectivity index (χ2n) is 4.69. The highest BCUT2D eigenvalue weighted by Crippen LogP contribution is 2.25. The van der Waals surface area contributed by atoms with Gasteiger partial charge in [0.25, 0.3) is 0 Å². The van der Waals surface area contributed by atoms with Gasteiger partial charge in [-0.15, -0.1) is 0 Å². The molecular weight excluding hydrogens is 261 g/mol. The quantitative estimate of drug-likeness (QED) is 0.633. The maximum absolute atomic E-state index is 13.1. The molecular formula is C16H13ClFN. The molecule has 0 atom stereocenters. The fourth-order valence-electron chi connectivity index (χ4n) is 2.37. The lowest BCUT2D eigenvalue weighted by Gasteiger charge is -2.09. The van der Waals surface area contributed by atoms with Gasteiger partial charge < -0.3 is 4.57 Å². The first kappa shape index (κ1) is 12.2. The van der Waals surface area contributed by atoms with Crippen molar-refractivity contribution in [2.75, 3.05) is 0 Å². The summed E-state index contributed by atoms with van der Waals surface area (Å²) in [6.45, 7) is 2.62. The monoisotopic (exact) mass is 273 g/mol. The normalized spacial score (nSPS) is 11.1. The van der Waals surface area contributed by atoms with Gasteiger partial charge in [-0.3, -0.25) is 0 Å². The molecule has 0 aliphatic heterocycles. The molecule has 0 N–H and O–H groups in total. The molecule has 0 spiro atoms. The summed E-state index contributed by atoms with van der Waals surface area (Å²) in [5.74, 6) is -0.198. The number of aromatic nitrogens is 1. The van der Waals surface area contributed by atoms with E-state index in [0.717, 1.165) is 27.1 Å². The van der Waals surface area contributed by atoms with Crippen LogP contribution in [0.3, 0.4) is 0 Å². The average molecular weight is 274 g/mol. The van der Waals surface area contributed by atoms with E-state index >= 15 is 0 Å². The van der Waals surface area contributed by atoms with Crippen LogP contribution < -0.4 is 0 Å². The van der Waals surface area contributed by atoms with Crippen LogP contribution >= 0.6 is 11.6 Å². The van der Waals surface area contributed by atoms with Gasteiger partial charge in [-0.1, -0.05) is 29.8 Å². The Hall–Kier alpha value is -1.80. The first-order chi connectivity index (χ1) is 9.15. The zero-order valence-electron chi connectivity index (χ0n) is 10.5. The van der Waals surface area contributed by atoms with Crippen molar-refractivity contribution in [3.63, 3.8) is 0 Å². The van der Waals surface area contributed by atoms with Gasteiger partial charge in [-0.05, 0) is 42.3 Å². The Morgan fingerprint density at radius 2 is 2.00 bits per heavy atom. The number of hydrogen-bond acceptors (Lipinski definition) is 0. The summed E-state index contributed by atoms with van der Waals surface area (Å²) in [6.07, 6.45) is 2.01. The van der Waals surface area contributed by atoms with Crippen molar-refractivity contribution < 1.29 is 4.39 Å². The summed E-state index contributed by atoms with van der Waals surface area (Å²) in [4.78, 5) is 0. The molecule has 3 aromatic rings. The minimum Gasteiger partial charge on any atom is -0.342 e. The molecule has 0 aliphatic carbocycles. The number of halogens is 2. The second-order valence-corrected chi connectivity index (χ2v) is 5.10. The Morgan fingerprint density at radius 3 is 2.79 bits per heavy atom. The highest BCUT2D eigenvalue weighted by Gasteiger charge is 2.07. The molecule has 0 saturated heterocycles. The van der Waals surface area contributed by atoms with Crippen molar-refractivity contribution in [3.8, 4) is 0 Å². The van der Waals surface area contributed by atoms with Crippen LogP contribution in [0, 0.1) is 12.7 Å². The lowest BCUT2D eigenvalue weighted by Crippen LogP contribution is -2.00. The van der Waals surface area contributed by atoms with Crippen LogP contribution in [-0.4, -0.2) is 4.57 Å². The van der Waals surface area contributed by atoms with Crippen LogP contribution in [0.1, 0.15) is 11.1 Å². The molecule has 19 heavy (non-hydrogen) atoms. The lowest BCUT2D eigenvalue weighted by molar-refractivity contribution is 0.625. The summed E-state index contributed by atoms with van der Waals surface area (Å²) in [7, 11) is 0. The van der Waals surface area contributed by atoms with Gasteiger partial charge in [0.05, 0.1) is 10.5 Å². The van der Waals surface area contributed by atoms with Gasteiger partial charge in [0.2, 0.25) is 0 Å². The van der Waals surface area contributed by atoms with Crippen LogP contribution in [0.5, 0.6) is 0 Å². The van der Waals surface area contributed by atoms with E-state index in [-0.39, 0.29) is 5.82 Å². The predicted octanol–water partition coefficient (Wildman–Crippen LogP) is 4.79. The highest BCUT2D eigenvalue weighted by molar-refractivity contribution is 6.35. The maximum atomic E-state index is 13.1. The number of para-hydroxylation sites is 1. The van der Waals surface area contributed by atoms with E-state index < -0.39 is 0 Å². The Balaban J connectivity index is 2.06. The van der Waals surface area contributed by atoms with Gasteiger partial charge in [0.1, 0.15) is 5.82 Å².